The van der Waals surface area contributed by atoms with Crippen LogP contribution in [0.15, 0.2) is 0 Å². The molecule has 0 aliphatic carbocycles. The van der Waals surface area contributed by atoms with Gasteiger partial charge in [0.15, 0.2) is 0 Å². The second-order valence-electron chi connectivity index (χ2n) is 4.66. The van der Waals surface area contributed by atoms with Crippen molar-refractivity contribution in [1.82, 2.24) is 4.31 Å². The maximum absolute atomic E-state index is 12.3. The predicted octanol–water partition coefficient (Wildman–Crippen LogP) is 0.731. The van der Waals surface area contributed by atoms with Crippen molar-refractivity contribution in [3.8, 4) is 6.07 Å². The first-order valence-electron chi connectivity index (χ1n) is 6.11. The van der Waals surface area contributed by atoms with Crippen LogP contribution in [0.5, 0.6) is 0 Å². The van der Waals surface area contributed by atoms with Gasteiger partial charge in [-0.15, -0.1) is 0 Å². The second-order valence-corrected chi connectivity index (χ2v) is 6.87. The minimum absolute atomic E-state index is 0.0242. The van der Waals surface area contributed by atoms with E-state index in [0.29, 0.717) is 52.0 Å². The number of rotatable bonds is 2. The summed E-state index contributed by atoms with van der Waals surface area (Å²) < 4.78 is 31.4. The Kier molecular flexibility index (Phi) is 4.02. The molecule has 0 N–H and O–H groups in total. The highest BCUT2D eigenvalue weighted by molar-refractivity contribution is 7.89. The lowest BCUT2D eigenvalue weighted by atomic mass is 10.0. The minimum atomic E-state index is -3.17. The molecule has 2 heterocycles. The lowest BCUT2D eigenvalue weighted by molar-refractivity contribution is 0.0969. The highest BCUT2D eigenvalue weighted by atomic mass is 32.2. The van der Waals surface area contributed by atoms with Crippen LogP contribution < -0.4 is 0 Å². The first-order chi connectivity index (χ1) is 8.14. The molecule has 0 spiro atoms. The largest absolute Gasteiger partial charge is 0.381 e. The summed E-state index contributed by atoms with van der Waals surface area (Å²) in [5.74, 6) is 0.0242. The maximum atomic E-state index is 12.3. The summed E-state index contributed by atoms with van der Waals surface area (Å²) in [6.07, 6.45) is 2.53. The van der Waals surface area contributed by atoms with E-state index in [-0.39, 0.29) is 11.2 Å². The number of sulfonamides is 1. The average molecular weight is 258 g/mol. The van der Waals surface area contributed by atoms with Gasteiger partial charge in [0, 0.05) is 32.2 Å². The van der Waals surface area contributed by atoms with E-state index >= 15 is 0 Å². The molecule has 2 aliphatic rings. The van der Waals surface area contributed by atoms with Crippen LogP contribution in [-0.2, 0) is 14.8 Å². The van der Waals surface area contributed by atoms with Crippen LogP contribution in [-0.4, -0.2) is 44.3 Å². The molecule has 2 aliphatic heterocycles. The number of hydrogen-bond donors (Lipinski definition) is 0. The van der Waals surface area contributed by atoms with Crippen molar-refractivity contribution in [3.63, 3.8) is 0 Å². The van der Waals surface area contributed by atoms with Crippen LogP contribution in [0.4, 0.5) is 0 Å². The van der Waals surface area contributed by atoms with Crippen LogP contribution in [0.25, 0.3) is 0 Å². The van der Waals surface area contributed by atoms with Gasteiger partial charge in [0.2, 0.25) is 10.0 Å². The fraction of sp³-hybridized carbons (Fsp3) is 0.909. The maximum Gasteiger partial charge on any atom is 0.217 e. The van der Waals surface area contributed by atoms with Gasteiger partial charge in [-0.1, -0.05) is 0 Å². The summed E-state index contributed by atoms with van der Waals surface area (Å²) in [5.41, 5.74) is 0. The number of ether oxygens (including phenoxy) is 1. The molecule has 2 rings (SSSR count). The fourth-order valence-electron chi connectivity index (χ4n) is 2.42. The molecule has 0 unspecified atom stereocenters. The van der Waals surface area contributed by atoms with Gasteiger partial charge in [-0.05, 0) is 25.7 Å². The Labute approximate surface area is 102 Å². The topological polar surface area (TPSA) is 70.4 Å². The molecule has 0 bridgehead atoms. The summed E-state index contributed by atoms with van der Waals surface area (Å²) in [6, 6.07) is 2.21. The monoisotopic (exact) mass is 258 g/mol. The standard InChI is InChI=1S/C11H18N2O3S/c12-9-10-1-5-13(6-2-10)17(14,15)11-3-7-16-8-4-11/h10-11H,1-8H2. The van der Waals surface area contributed by atoms with Crippen LogP contribution in [0.2, 0.25) is 0 Å². The van der Waals surface area contributed by atoms with E-state index in [1.807, 2.05) is 0 Å². The van der Waals surface area contributed by atoms with E-state index in [1.54, 1.807) is 4.31 Å². The summed E-state index contributed by atoms with van der Waals surface area (Å²) in [7, 11) is -3.17. The molecule has 0 aromatic heterocycles. The van der Waals surface area contributed by atoms with Crippen LogP contribution in [0.3, 0.4) is 0 Å². The Morgan fingerprint density at radius 1 is 1.12 bits per heavy atom. The average Bonchev–Trinajstić information content (AvgIpc) is 2.40. The van der Waals surface area contributed by atoms with Crippen LogP contribution in [0.1, 0.15) is 25.7 Å². The number of piperidine rings is 1. The first-order valence-corrected chi connectivity index (χ1v) is 7.61. The van der Waals surface area contributed by atoms with Gasteiger partial charge < -0.3 is 4.74 Å². The normalized spacial score (nSPS) is 25.6. The van der Waals surface area contributed by atoms with Crippen molar-refractivity contribution < 1.29 is 13.2 Å². The molecule has 0 radical (unpaired) electrons. The van der Waals surface area contributed by atoms with Crippen molar-refractivity contribution >= 4 is 10.0 Å². The number of nitrogens with zero attached hydrogens (tertiary/aromatic N) is 2. The van der Waals surface area contributed by atoms with Crippen molar-refractivity contribution in [2.45, 2.75) is 30.9 Å². The highest BCUT2D eigenvalue weighted by Crippen LogP contribution is 2.24. The molecular formula is C11H18N2O3S. The molecule has 6 heteroatoms. The van der Waals surface area contributed by atoms with Gasteiger partial charge in [0.1, 0.15) is 0 Å². The summed E-state index contributed by atoms with van der Waals surface area (Å²) in [6.45, 7) is 2.08. The third-order valence-corrected chi connectivity index (χ3v) is 5.98. The lowest BCUT2D eigenvalue weighted by Crippen LogP contribution is -2.45. The molecule has 0 amide bonds. The predicted molar refractivity (Wildman–Crippen MR) is 62.7 cm³/mol. The molecule has 0 atom stereocenters. The van der Waals surface area contributed by atoms with E-state index in [9.17, 15) is 8.42 Å². The van der Waals surface area contributed by atoms with E-state index in [1.165, 1.54) is 0 Å². The van der Waals surface area contributed by atoms with E-state index in [2.05, 4.69) is 6.07 Å². The molecule has 2 fully saturated rings. The van der Waals surface area contributed by atoms with E-state index in [4.69, 9.17) is 10.00 Å². The molecule has 96 valence electrons. The lowest BCUT2D eigenvalue weighted by Gasteiger charge is -2.33. The smallest absolute Gasteiger partial charge is 0.217 e. The molecule has 2 saturated heterocycles. The molecule has 0 saturated carbocycles. The third kappa shape index (κ3) is 2.79. The minimum Gasteiger partial charge on any atom is -0.381 e. The first kappa shape index (κ1) is 12.8. The Morgan fingerprint density at radius 3 is 2.24 bits per heavy atom. The fourth-order valence-corrected chi connectivity index (χ4v) is 4.35. The van der Waals surface area contributed by atoms with Crippen molar-refractivity contribution in [1.29, 1.82) is 5.26 Å². The third-order valence-electron chi connectivity index (χ3n) is 3.59. The Bertz CT molecular complexity index is 387. The zero-order chi connectivity index (χ0) is 12.3. The van der Waals surface area contributed by atoms with E-state index in [0.717, 1.165) is 0 Å². The van der Waals surface area contributed by atoms with Crippen molar-refractivity contribution in [2.24, 2.45) is 5.92 Å². The molecule has 5 nitrogen and oxygen atoms in total. The van der Waals surface area contributed by atoms with Gasteiger partial charge in [-0.25, -0.2) is 12.7 Å². The van der Waals surface area contributed by atoms with Gasteiger partial charge in [0.25, 0.3) is 0 Å². The van der Waals surface area contributed by atoms with Crippen molar-refractivity contribution in [3.05, 3.63) is 0 Å². The van der Waals surface area contributed by atoms with E-state index < -0.39 is 10.0 Å². The quantitative estimate of drug-likeness (QED) is 0.732. The summed E-state index contributed by atoms with van der Waals surface area (Å²) in [5, 5.41) is 8.51. The Balaban J connectivity index is 1.99. The summed E-state index contributed by atoms with van der Waals surface area (Å²) in [4.78, 5) is 0. The van der Waals surface area contributed by atoms with Gasteiger partial charge in [0.05, 0.1) is 11.3 Å². The van der Waals surface area contributed by atoms with Crippen LogP contribution >= 0.6 is 0 Å². The second kappa shape index (κ2) is 5.34. The van der Waals surface area contributed by atoms with Gasteiger partial charge in [-0.2, -0.15) is 5.26 Å². The molecule has 0 aromatic rings. The van der Waals surface area contributed by atoms with Crippen LogP contribution in [0, 0.1) is 17.2 Å². The Hall–Kier alpha value is -0.640. The summed E-state index contributed by atoms with van der Waals surface area (Å²) >= 11 is 0. The number of nitriles is 1. The zero-order valence-electron chi connectivity index (χ0n) is 9.84. The zero-order valence-corrected chi connectivity index (χ0v) is 10.7. The highest BCUT2D eigenvalue weighted by Gasteiger charge is 2.35. The molecule has 0 aromatic carbocycles. The van der Waals surface area contributed by atoms with Gasteiger partial charge in [-0.3, -0.25) is 0 Å². The molecular weight excluding hydrogens is 240 g/mol. The van der Waals surface area contributed by atoms with Crippen molar-refractivity contribution in [2.75, 3.05) is 26.3 Å². The SMILES string of the molecule is N#CC1CCN(S(=O)(=O)C2CCOCC2)CC1. The Morgan fingerprint density at radius 2 is 1.71 bits per heavy atom. The number of hydrogen-bond acceptors (Lipinski definition) is 4. The van der Waals surface area contributed by atoms with Gasteiger partial charge >= 0.3 is 0 Å². The molecule has 17 heavy (non-hydrogen) atoms.